The Morgan fingerprint density at radius 1 is 1.42 bits per heavy atom. The lowest BCUT2D eigenvalue weighted by atomic mass is 10.2. The molecule has 0 aliphatic rings. The highest BCUT2D eigenvalue weighted by Crippen LogP contribution is 2.36. The minimum atomic E-state index is -1.70. The van der Waals surface area contributed by atoms with Gasteiger partial charge in [0, 0.05) is 6.04 Å². The van der Waals surface area contributed by atoms with Crippen LogP contribution in [0.3, 0.4) is 0 Å². The lowest BCUT2D eigenvalue weighted by molar-refractivity contribution is 0.276. The van der Waals surface area contributed by atoms with Crippen LogP contribution in [0.25, 0.3) is 0 Å². The first kappa shape index (κ1) is 15.9. The molecule has 0 aliphatic carbocycles. The molecule has 1 aromatic rings. The molecule has 0 spiro atoms. The van der Waals surface area contributed by atoms with E-state index >= 15 is 0 Å². The standard InChI is InChI=1S/C13H26N4OSi/c1-10(8-18-19(5,6)13(2,3)4)17-12-11(14)7-15-9-16-12/h7,9-10H,8,14H2,1-6H3,(H,15,16,17). The van der Waals surface area contributed by atoms with Gasteiger partial charge in [-0.15, -0.1) is 0 Å². The van der Waals surface area contributed by atoms with E-state index in [0.717, 1.165) is 0 Å². The predicted molar refractivity (Wildman–Crippen MR) is 82.7 cm³/mol. The van der Waals surface area contributed by atoms with E-state index in [0.29, 0.717) is 18.1 Å². The second kappa shape index (κ2) is 5.88. The summed E-state index contributed by atoms with van der Waals surface area (Å²) in [5.41, 5.74) is 6.36. The fraction of sp³-hybridized carbons (Fsp3) is 0.692. The highest BCUT2D eigenvalue weighted by molar-refractivity contribution is 6.74. The second-order valence-electron chi connectivity index (χ2n) is 6.44. The van der Waals surface area contributed by atoms with E-state index in [1.54, 1.807) is 6.20 Å². The smallest absolute Gasteiger partial charge is 0.192 e. The summed E-state index contributed by atoms with van der Waals surface area (Å²) in [6.45, 7) is 13.9. The van der Waals surface area contributed by atoms with Gasteiger partial charge in [-0.25, -0.2) is 9.97 Å². The molecule has 1 unspecified atom stereocenters. The van der Waals surface area contributed by atoms with Crippen LogP contribution in [-0.2, 0) is 4.43 Å². The van der Waals surface area contributed by atoms with Crippen molar-refractivity contribution >= 4 is 19.8 Å². The van der Waals surface area contributed by atoms with Crippen molar-refractivity contribution in [2.45, 2.75) is 51.9 Å². The van der Waals surface area contributed by atoms with Gasteiger partial charge in [0.15, 0.2) is 14.1 Å². The summed E-state index contributed by atoms with van der Waals surface area (Å²) in [7, 11) is -1.70. The molecule has 108 valence electrons. The number of hydrogen-bond acceptors (Lipinski definition) is 5. The lowest BCUT2D eigenvalue weighted by Gasteiger charge is -2.37. The summed E-state index contributed by atoms with van der Waals surface area (Å²) in [5, 5.41) is 3.48. The van der Waals surface area contributed by atoms with E-state index in [1.165, 1.54) is 6.33 Å². The van der Waals surface area contributed by atoms with Gasteiger partial charge in [0.05, 0.1) is 18.5 Å². The third kappa shape index (κ3) is 4.47. The number of hydrogen-bond donors (Lipinski definition) is 2. The fourth-order valence-electron chi connectivity index (χ4n) is 1.29. The number of nitrogen functional groups attached to an aromatic ring is 1. The molecule has 0 saturated heterocycles. The summed E-state index contributed by atoms with van der Waals surface area (Å²) in [5.74, 6) is 0.668. The lowest BCUT2D eigenvalue weighted by Crippen LogP contribution is -2.43. The quantitative estimate of drug-likeness (QED) is 0.812. The number of anilines is 2. The molecule has 6 heteroatoms. The van der Waals surface area contributed by atoms with Gasteiger partial charge in [-0.2, -0.15) is 0 Å². The van der Waals surface area contributed by atoms with Crippen molar-refractivity contribution in [1.82, 2.24) is 9.97 Å². The first-order chi connectivity index (χ1) is 8.63. The van der Waals surface area contributed by atoms with Crippen molar-refractivity contribution in [3.05, 3.63) is 12.5 Å². The minimum absolute atomic E-state index is 0.159. The second-order valence-corrected chi connectivity index (χ2v) is 11.3. The van der Waals surface area contributed by atoms with Crippen LogP contribution in [0.1, 0.15) is 27.7 Å². The van der Waals surface area contributed by atoms with Crippen molar-refractivity contribution in [1.29, 1.82) is 0 Å². The topological polar surface area (TPSA) is 73.1 Å². The highest BCUT2D eigenvalue weighted by Gasteiger charge is 2.37. The van der Waals surface area contributed by atoms with E-state index in [9.17, 15) is 0 Å². The molecule has 1 rings (SSSR count). The zero-order valence-electron chi connectivity index (χ0n) is 12.8. The van der Waals surface area contributed by atoms with Crippen LogP contribution < -0.4 is 11.1 Å². The van der Waals surface area contributed by atoms with Gasteiger partial charge < -0.3 is 15.5 Å². The third-order valence-corrected chi connectivity index (χ3v) is 8.12. The third-order valence-electron chi connectivity index (χ3n) is 3.62. The molecule has 1 heterocycles. The number of nitrogens with one attached hydrogen (secondary N) is 1. The maximum Gasteiger partial charge on any atom is 0.192 e. The molecule has 0 aliphatic heterocycles. The van der Waals surface area contributed by atoms with E-state index in [4.69, 9.17) is 10.2 Å². The molecule has 1 atom stereocenters. The van der Waals surface area contributed by atoms with Crippen LogP contribution in [0.15, 0.2) is 12.5 Å². The SMILES string of the molecule is CC(CO[Si](C)(C)C(C)(C)C)Nc1ncncc1N. The molecule has 0 fully saturated rings. The summed E-state index contributed by atoms with van der Waals surface area (Å²) < 4.78 is 6.16. The first-order valence-corrected chi connectivity index (χ1v) is 9.50. The van der Waals surface area contributed by atoms with Crippen LogP contribution >= 0.6 is 0 Å². The molecule has 0 bridgehead atoms. The van der Waals surface area contributed by atoms with Gasteiger partial charge in [0.25, 0.3) is 0 Å². The summed E-state index contributed by atoms with van der Waals surface area (Å²) >= 11 is 0. The number of aromatic nitrogens is 2. The van der Waals surface area contributed by atoms with Crippen LogP contribution in [0.2, 0.25) is 18.1 Å². The van der Waals surface area contributed by atoms with Crippen molar-refractivity contribution < 1.29 is 4.43 Å². The Kier molecular flexibility index (Phi) is 4.92. The Balaban J connectivity index is 2.53. The Morgan fingerprint density at radius 2 is 2.05 bits per heavy atom. The molecule has 1 aromatic heterocycles. The number of nitrogens with two attached hydrogens (primary N) is 1. The molecule has 3 N–H and O–H groups in total. The molecular formula is C13H26N4OSi. The normalized spacial score (nSPS) is 14.2. The zero-order valence-corrected chi connectivity index (χ0v) is 13.8. The molecular weight excluding hydrogens is 256 g/mol. The first-order valence-electron chi connectivity index (χ1n) is 6.59. The Morgan fingerprint density at radius 3 is 2.58 bits per heavy atom. The summed E-state index contributed by atoms with van der Waals surface area (Å²) in [6.07, 6.45) is 3.08. The van der Waals surface area contributed by atoms with Crippen molar-refractivity contribution in [3.8, 4) is 0 Å². The van der Waals surface area contributed by atoms with Crippen LogP contribution in [0.5, 0.6) is 0 Å². The van der Waals surface area contributed by atoms with Crippen LogP contribution in [-0.4, -0.2) is 30.9 Å². The van der Waals surface area contributed by atoms with Crippen molar-refractivity contribution in [2.75, 3.05) is 17.7 Å². The van der Waals surface area contributed by atoms with E-state index in [-0.39, 0.29) is 11.1 Å². The van der Waals surface area contributed by atoms with Crippen LogP contribution in [0, 0.1) is 0 Å². The summed E-state index contributed by atoms with van der Waals surface area (Å²) in [4.78, 5) is 7.99. The Hall–Kier alpha value is -1.14. The van der Waals surface area contributed by atoms with E-state index < -0.39 is 8.32 Å². The van der Waals surface area contributed by atoms with Gasteiger partial charge in [-0.3, -0.25) is 0 Å². The van der Waals surface area contributed by atoms with Gasteiger partial charge in [0.1, 0.15) is 6.33 Å². The van der Waals surface area contributed by atoms with Crippen molar-refractivity contribution in [3.63, 3.8) is 0 Å². The molecule has 19 heavy (non-hydrogen) atoms. The minimum Gasteiger partial charge on any atom is -0.415 e. The van der Waals surface area contributed by atoms with Gasteiger partial charge in [-0.1, -0.05) is 20.8 Å². The Bertz CT molecular complexity index is 417. The van der Waals surface area contributed by atoms with E-state index in [1.807, 2.05) is 0 Å². The van der Waals surface area contributed by atoms with E-state index in [2.05, 4.69) is 56.1 Å². The number of rotatable bonds is 5. The Labute approximate surface area is 117 Å². The maximum absolute atomic E-state index is 6.16. The highest BCUT2D eigenvalue weighted by atomic mass is 28.4. The monoisotopic (exact) mass is 282 g/mol. The number of nitrogens with zero attached hydrogens (tertiary/aromatic N) is 2. The average molecular weight is 282 g/mol. The van der Waals surface area contributed by atoms with Gasteiger partial charge >= 0.3 is 0 Å². The zero-order chi connectivity index (χ0) is 14.7. The maximum atomic E-state index is 6.16. The average Bonchev–Trinajstić information content (AvgIpc) is 2.28. The molecule has 0 radical (unpaired) electrons. The molecule has 0 aromatic carbocycles. The fourth-order valence-corrected chi connectivity index (χ4v) is 2.39. The van der Waals surface area contributed by atoms with Gasteiger partial charge in [0.2, 0.25) is 0 Å². The molecule has 0 amide bonds. The van der Waals surface area contributed by atoms with Gasteiger partial charge in [-0.05, 0) is 25.1 Å². The summed E-state index contributed by atoms with van der Waals surface area (Å²) in [6, 6.07) is 0.159. The molecule has 0 saturated carbocycles. The predicted octanol–water partition coefficient (Wildman–Crippen LogP) is 2.88. The van der Waals surface area contributed by atoms with Crippen LogP contribution in [0.4, 0.5) is 11.5 Å². The largest absolute Gasteiger partial charge is 0.415 e. The molecule has 5 nitrogen and oxygen atoms in total. The van der Waals surface area contributed by atoms with Crippen molar-refractivity contribution in [2.24, 2.45) is 0 Å².